The van der Waals surface area contributed by atoms with Crippen molar-refractivity contribution in [2.24, 2.45) is 5.92 Å². The predicted molar refractivity (Wildman–Crippen MR) is 78.6 cm³/mol. The first-order chi connectivity index (χ1) is 9.56. The molecule has 1 saturated heterocycles. The minimum absolute atomic E-state index is 0.171. The molecule has 1 aromatic rings. The maximum atomic E-state index is 10.0. The normalized spacial score (nSPS) is 26.1. The lowest BCUT2D eigenvalue weighted by molar-refractivity contribution is -0.0160. The molecule has 0 spiro atoms. The van der Waals surface area contributed by atoms with Crippen LogP contribution in [-0.2, 0) is 4.74 Å². The number of imidazole rings is 1. The number of nitrogens with zero attached hydrogens (tertiary/aromatic N) is 3. The van der Waals surface area contributed by atoms with Gasteiger partial charge in [0.05, 0.1) is 25.1 Å². The largest absolute Gasteiger partial charge is 0.389 e. The zero-order valence-electron chi connectivity index (χ0n) is 12.8. The maximum Gasteiger partial charge on any atom is 0.0949 e. The van der Waals surface area contributed by atoms with Gasteiger partial charge < -0.3 is 14.4 Å². The number of aromatic nitrogens is 2. The molecule has 2 rings (SSSR count). The molecule has 114 valence electrons. The smallest absolute Gasteiger partial charge is 0.0949 e. The highest BCUT2D eigenvalue weighted by atomic mass is 16.5. The lowest BCUT2D eigenvalue weighted by Crippen LogP contribution is -2.44. The summed E-state index contributed by atoms with van der Waals surface area (Å²) in [4.78, 5) is 6.47. The van der Waals surface area contributed by atoms with Crippen molar-refractivity contribution < 1.29 is 9.84 Å². The number of likely N-dealkylation sites (tertiary alicyclic amines) is 1. The Hall–Kier alpha value is -0.910. The molecule has 0 aliphatic carbocycles. The third kappa shape index (κ3) is 4.30. The lowest BCUT2D eigenvalue weighted by Gasteiger charge is -2.38. The average molecular weight is 281 g/mol. The predicted octanol–water partition coefficient (Wildman–Crippen LogP) is 1.55. The summed E-state index contributed by atoms with van der Waals surface area (Å²) in [6.45, 7) is 9.39. The van der Waals surface area contributed by atoms with Crippen LogP contribution in [0.3, 0.4) is 0 Å². The van der Waals surface area contributed by atoms with Crippen LogP contribution >= 0.6 is 0 Å². The molecule has 0 saturated carbocycles. The van der Waals surface area contributed by atoms with E-state index in [2.05, 4.69) is 21.4 Å². The zero-order valence-corrected chi connectivity index (χ0v) is 12.8. The van der Waals surface area contributed by atoms with Crippen LogP contribution in [-0.4, -0.2) is 58.0 Å². The fraction of sp³-hybridized carbons (Fsp3) is 0.800. The average Bonchev–Trinajstić information content (AvgIpc) is 2.92. The monoisotopic (exact) mass is 281 g/mol. The first kappa shape index (κ1) is 15.5. The standard InChI is InChI=1S/C15H27N3O2/c1-12(2)20-10-14(19)8-17-6-4-13(3)15(9-17)18-7-5-16-11-18/h5,7,11-15,19H,4,6,8-10H2,1-3H3. The molecule has 0 radical (unpaired) electrons. The number of ether oxygens (including phenoxy) is 1. The van der Waals surface area contributed by atoms with E-state index in [-0.39, 0.29) is 6.10 Å². The second-order valence-corrected chi connectivity index (χ2v) is 6.14. The lowest BCUT2D eigenvalue weighted by atomic mass is 9.93. The van der Waals surface area contributed by atoms with Crippen molar-refractivity contribution in [3.8, 4) is 0 Å². The molecule has 3 unspecified atom stereocenters. The molecular weight excluding hydrogens is 254 g/mol. The van der Waals surface area contributed by atoms with E-state index in [0.29, 0.717) is 25.1 Å². The Morgan fingerprint density at radius 3 is 2.90 bits per heavy atom. The van der Waals surface area contributed by atoms with Gasteiger partial charge in [0.2, 0.25) is 0 Å². The summed E-state index contributed by atoms with van der Waals surface area (Å²) < 4.78 is 7.66. The van der Waals surface area contributed by atoms with Crippen molar-refractivity contribution in [2.75, 3.05) is 26.2 Å². The Morgan fingerprint density at radius 2 is 2.25 bits per heavy atom. The van der Waals surface area contributed by atoms with Crippen LogP contribution in [0.4, 0.5) is 0 Å². The molecule has 0 bridgehead atoms. The van der Waals surface area contributed by atoms with Crippen LogP contribution in [0.15, 0.2) is 18.7 Å². The Morgan fingerprint density at radius 1 is 1.45 bits per heavy atom. The van der Waals surface area contributed by atoms with Crippen LogP contribution in [0.1, 0.15) is 33.2 Å². The number of aliphatic hydroxyl groups is 1. The molecule has 1 aliphatic rings. The molecular formula is C15H27N3O2. The Balaban J connectivity index is 1.84. The van der Waals surface area contributed by atoms with E-state index in [1.807, 2.05) is 32.6 Å². The molecule has 1 aromatic heterocycles. The molecule has 0 amide bonds. The highest BCUT2D eigenvalue weighted by Gasteiger charge is 2.28. The van der Waals surface area contributed by atoms with Crippen LogP contribution in [0.5, 0.6) is 0 Å². The van der Waals surface area contributed by atoms with Crippen molar-refractivity contribution in [2.45, 2.75) is 45.4 Å². The fourth-order valence-corrected chi connectivity index (χ4v) is 2.79. The Labute approximate surface area is 121 Å². The highest BCUT2D eigenvalue weighted by molar-refractivity contribution is 4.88. The molecule has 5 nitrogen and oxygen atoms in total. The van der Waals surface area contributed by atoms with Gasteiger partial charge in [-0.3, -0.25) is 4.90 Å². The third-order valence-electron chi connectivity index (χ3n) is 4.00. The van der Waals surface area contributed by atoms with E-state index in [1.54, 1.807) is 0 Å². The summed E-state index contributed by atoms with van der Waals surface area (Å²) in [7, 11) is 0. The van der Waals surface area contributed by atoms with Gasteiger partial charge in [0.1, 0.15) is 0 Å². The summed E-state index contributed by atoms with van der Waals surface area (Å²) in [5.41, 5.74) is 0. The van der Waals surface area contributed by atoms with Gasteiger partial charge in [0, 0.05) is 31.5 Å². The van der Waals surface area contributed by atoms with Gasteiger partial charge >= 0.3 is 0 Å². The third-order valence-corrected chi connectivity index (χ3v) is 4.00. The van der Waals surface area contributed by atoms with Gasteiger partial charge in [-0.1, -0.05) is 6.92 Å². The van der Waals surface area contributed by atoms with Gasteiger partial charge in [0.25, 0.3) is 0 Å². The van der Waals surface area contributed by atoms with E-state index in [9.17, 15) is 5.11 Å². The molecule has 5 heteroatoms. The second kappa shape index (κ2) is 7.20. The van der Waals surface area contributed by atoms with Crippen molar-refractivity contribution in [1.29, 1.82) is 0 Å². The minimum atomic E-state index is -0.408. The highest BCUT2D eigenvalue weighted by Crippen LogP contribution is 2.27. The van der Waals surface area contributed by atoms with E-state index >= 15 is 0 Å². The molecule has 1 N–H and O–H groups in total. The Bertz CT molecular complexity index is 380. The van der Waals surface area contributed by atoms with E-state index in [1.165, 1.54) is 0 Å². The summed E-state index contributed by atoms with van der Waals surface area (Å²) in [6.07, 6.45) is 6.67. The van der Waals surface area contributed by atoms with Crippen molar-refractivity contribution >= 4 is 0 Å². The summed E-state index contributed by atoms with van der Waals surface area (Å²) in [5, 5.41) is 10.0. The van der Waals surface area contributed by atoms with Crippen LogP contribution in [0, 0.1) is 5.92 Å². The first-order valence-electron chi connectivity index (χ1n) is 7.55. The summed E-state index contributed by atoms with van der Waals surface area (Å²) >= 11 is 0. The zero-order chi connectivity index (χ0) is 14.5. The van der Waals surface area contributed by atoms with Crippen LogP contribution in [0.25, 0.3) is 0 Å². The van der Waals surface area contributed by atoms with Gasteiger partial charge in [0.15, 0.2) is 0 Å². The number of aliphatic hydroxyl groups excluding tert-OH is 1. The number of hydrogen-bond acceptors (Lipinski definition) is 4. The molecule has 2 heterocycles. The van der Waals surface area contributed by atoms with Gasteiger partial charge in [-0.2, -0.15) is 0 Å². The number of piperidine rings is 1. The first-order valence-corrected chi connectivity index (χ1v) is 7.55. The Kier molecular flexibility index (Phi) is 5.57. The van der Waals surface area contributed by atoms with Crippen molar-refractivity contribution in [3.63, 3.8) is 0 Å². The molecule has 1 aliphatic heterocycles. The van der Waals surface area contributed by atoms with Gasteiger partial charge in [-0.15, -0.1) is 0 Å². The molecule has 3 atom stereocenters. The van der Waals surface area contributed by atoms with Gasteiger partial charge in [-0.25, -0.2) is 4.98 Å². The number of hydrogen-bond donors (Lipinski definition) is 1. The second-order valence-electron chi connectivity index (χ2n) is 6.14. The van der Waals surface area contributed by atoms with Gasteiger partial charge in [-0.05, 0) is 32.7 Å². The summed E-state index contributed by atoms with van der Waals surface area (Å²) in [6, 6.07) is 0.449. The van der Waals surface area contributed by atoms with E-state index in [0.717, 1.165) is 19.5 Å². The van der Waals surface area contributed by atoms with Crippen molar-refractivity contribution in [1.82, 2.24) is 14.5 Å². The summed E-state index contributed by atoms with van der Waals surface area (Å²) in [5.74, 6) is 0.643. The minimum Gasteiger partial charge on any atom is -0.389 e. The van der Waals surface area contributed by atoms with Crippen LogP contribution < -0.4 is 0 Å². The molecule has 1 fully saturated rings. The van der Waals surface area contributed by atoms with E-state index < -0.39 is 6.10 Å². The topological polar surface area (TPSA) is 50.5 Å². The molecule has 0 aromatic carbocycles. The number of rotatable bonds is 6. The fourth-order valence-electron chi connectivity index (χ4n) is 2.79. The maximum absolute atomic E-state index is 10.0. The van der Waals surface area contributed by atoms with Crippen LogP contribution in [0.2, 0.25) is 0 Å². The SMILES string of the molecule is CC(C)OCC(O)CN1CCC(C)C(n2ccnc2)C1. The quantitative estimate of drug-likeness (QED) is 0.859. The number of β-amino-alcohol motifs (C(OH)–C–C–N with tert-alkyl or cyclic N) is 1. The van der Waals surface area contributed by atoms with E-state index in [4.69, 9.17) is 4.74 Å². The van der Waals surface area contributed by atoms with Crippen molar-refractivity contribution in [3.05, 3.63) is 18.7 Å². The molecule has 20 heavy (non-hydrogen) atoms.